The van der Waals surface area contributed by atoms with Crippen LogP contribution in [0.2, 0.25) is 0 Å². The fraction of sp³-hybridized carbons (Fsp3) is 0.158. The van der Waals surface area contributed by atoms with Crippen LogP contribution in [-0.2, 0) is 4.79 Å². The van der Waals surface area contributed by atoms with E-state index in [1.165, 1.54) is 36.5 Å². The average molecular weight is 371 g/mol. The molecule has 2 N–H and O–H groups in total. The zero-order valence-corrected chi connectivity index (χ0v) is 15.4. The molecule has 5 nitrogen and oxygen atoms in total. The quantitative estimate of drug-likeness (QED) is 0.709. The first kappa shape index (κ1) is 17.9. The summed E-state index contributed by atoms with van der Waals surface area (Å²) in [7, 11) is 0. The van der Waals surface area contributed by atoms with E-state index in [0.29, 0.717) is 11.3 Å². The number of halogens is 1. The molecular formula is C19H18FN3O2S. The Morgan fingerprint density at radius 1 is 1.12 bits per heavy atom. The van der Waals surface area contributed by atoms with E-state index < -0.39 is 5.82 Å². The standard InChI is InChI=1S/C19H18FN3O2S/c1-11-12(2)26-19(23-8-4-5-9-23)17(11)18(25)22-14-6-7-15(20)16(10-14)21-13(3)24/h4-10H,1-3H3,(H,21,24)(H,22,25). The molecule has 0 unspecified atom stereocenters. The van der Waals surface area contributed by atoms with Crippen LogP contribution in [0.15, 0.2) is 42.7 Å². The van der Waals surface area contributed by atoms with Crippen molar-refractivity contribution in [2.75, 3.05) is 10.6 Å². The van der Waals surface area contributed by atoms with Crippen LogP contribution in [0.5, 0.6) is 0 Å². The number of benzene rings is 1. The lowest BCUT2D eigenvalue weighted by Crippen LogP contribution is -2.15. The summed E-state index contributed by atoms with van der Waals surface area (Å²) < 4.78 is 15.7. The van der Waals surface area contributed by atoms with Crippen LogP contribution in [0.25, 0.3) is 5.00 Å². The number of nitrogens with zero attached hydrogens (tertiary/aromatic N) is 1. The summed E-state index contributed by atoms with van der Waals surface area (Å²) >= 11 is 1.54. The number of amides is 2. The van der Waals surface area contributed by atoms with Gasteiger partial charge in [0.15, 0.2) is 0 Å². The molecule has 0 aliphatic carbocycles. The smallest absolute Gasteiger partial charge is 0.258 e. The number of thiophene rings is 1. The van der Waals surface area contributed by atoms with Gasteiger partial charge in [-0.2, -0.15) is 0 Å². The minimum absolute atomic E-state index is 0.0270. The second-order valence-corrected chi connectivity index (χ2v) is 7.09. The predicted molar refractivity (Wildman–Crippen MR) is 102 cm³/mol. The summed E-state index contributed by atoms with van der Waals surface area (Å²) in [6, 6.07) is 7.86. The van der Waals surface area contributed by atoms with Gasteiger partial charge in [0.2, 0.25) is 5.91 Å². The van der Waals surface area contributed by atoms with Gasteiger partial charge in [-0.1, -0.05) is 0 Å². The molecule has 2 aromatic heterocycles. The number of aromatic nitrogens is 1. The maximum Gasteiger partial charge on any atom is 0.258 e. The minimum Gasteiger partial charge on any atom is -0.324 e. The fourth-order valence-electron chi connectivity index (χ4n) is 2.61. The van der Waals surface area contributed by atoms with E-state index in [1.807, 2.05) is 42.9 Å². The van der Waals surface area contributed by atoms with Gasteiger partial charge in [0, 0.05) is 29.9 Å². The van der Waals surface area contributed by atoms with Gasteiger partial charge in [0.1, 0.15) is 10.8 Å². The van der Waals surface area contributed by atoms with Gasteiger partial charge in [-0.25, -0.2) is 4.39 Å². The third-order valence-electron chi connectivity index (χ3n) is 3.97. The predicted octanol–water partition coefficient (Wildman–Crippen LogP) is 4.51. The maximum atomic E-state index is 13.8. The summed E-state index contributed by atoms with van der Waals surface area (Å²) in [5.41, 5.74) is 1.91. The first-order chi connectivity index (χ1) is 12.4. The number of anilines is 2. The van der Waals surface area contributed by atoms with Crippen molar-refractivity contribution in [1.29, 1.82) is 0 Å². The Hall–Kier alpha value is -2.93. The topological polar surface area (TPSA) is 63.1 Å². The van der Waals surface area contributed by atoms with Crippen LogP contribution in [0.1, 0.15) is 27.7 Å². The lowest BCUT2D eigenvalue weighted by atomic mass is 10.1. The molecule has 2 amide bonds. The molecule has 0 saturated carbocycles. The first-order valence-corrected chi connectivity index (χ1v) is 8.80. The number of aryl methyl sites for hydroxylation is 1. The van der Waals surface area contributed by atoms with Crippen molar-refractivity contribution in [3.05, 3.63) is 64.5 Å². The van der Waals surface area contributed by atoms with E-state index in [-0.39, 0.29) is 17.5 Å². The van der Waals surface area contributed by atoms with Crippen molar-refractivity contribution in [3.63, 3.8) is 0 Å². The molecule has 0 aliphatic heterocycles. The van der Waals surface area contributed by atoms with Crippen LogP contribution in [0.4, 0.5) is 15.8 Å². The molecule has 0 bridgehead atoms. The molecule has 0 spiro atoms. The van der Waals surface area contributed by atoms with Gasteiger partial charge in [-0.05, 0) is 49.7 Å². The molecule has 7 heteroatoms. The van der Waals surface area contributed by atoms with Crippen molar-refractivity contribution >= 4 is 34.5 Å². The molecule has 26 heavy (non-hydrogen) atoms. The zero-order chi connectivity index (χ0) is 18.8. The molecule has 0 fully saturated rings. The van der Waals surface area contributed by atoms with Gasteiger partial charge in [0.25, 0.3) is 5.91 Å². The largest absolute Gasteiger partial charge is 0.324 e. The second-order valence-electron chi connectivity index (χ2n) is 5.88. The lowest BCUT2D eigenvalue weighted by molar-refractivity contribution is -0.114. The van der Waals surface area contributed by atoms with Crippen LogP contribution >= 0.6 is 11.3 Å². The highest BCUT2D eigenvalue weighted by molar-refractivity contribution is 7.15. The van der Waals surface area contributed by atoms with Crippen molar-refractivity contribution in [2.45, 2.75) is 20.8 Å². The Labute approximate surface area is 154 Å². The van der Waals surface area contributed by atoms with Crippen molar-refractivity contribution in [2.24, 2.45) is 0 Å². The lowest BCUT2D eigenvalue weighted by Gasteiger charge is -2.10. The fourth-order valence-corrected chi connectivity index (χ4v) is 3.73. The molecule has 1 aromatic carbocycles. The Morgan fingerprint density at radius 3 is 2.46 bits per heavy atom. The number of carbonyl (C=O) groups is 2. The number of hydrogen-bond acceptors (Lipinski definition) is 3. The monoisotopic (exact) mass is 371 g/mol. The van der Waals surface area contributed by atoms with E-state index in [9.17, 15) is 14.0 Å². The Kier molecular flexibility index (Phi) is 4.90. The SMILES string of the molecule is CC(=O)Nc1cc(NC(=O)c2c(-n3cccc3)sc(C)c2C)ccc1F. The number of hydrogen-bond donors (Lipinski definition) is 2. The Bertz CT molecular complexity index is 977. The second kappa shape index (κ2) is 7.13. The van der Waals surface area contributed by atoms with E-state index in [0.717, 1.165) is 15.4 Å². The summed E-state index contributed by atoms with van der Waals surface area (Å²) in [6.45, 7) is 5.17. The van der Waals surface area contributed by atoms with E-state index in [2.05, 4.69) is 10.6 Å². The number of carbonyl (C=O) groups excluding carboxylic acids is 2. The third-order valence-corrected chi connectivity index (χ3v) is 5.19. The maximum absolute atomic E-state index is 13.8. The zero-order valence-electron chi connectivity index (χ0n) is 14.6. The molecular weight excluding hydrogens is 353 g/mol. The molecule has 3 aromatic rings. The van der Waals surface area contributed by atoms with Gasteiger partial charge in [-0.15, -0.1) is 11.3 Å². The summed E-state index contributed by atoms with van der Waals surface area (Å²) in [4.78, 5) is 25.1. The van der Waals surface area contributed by atoms with E-state index >= 15 is 0 Å². The van der Waals surface area contributed by atoms with Crippen LogP contribution in [0.3, 0.4) is 0 Å². The molecule has 0 radical (unpaired) electrons. The van der Waals surface area contributed by atoms with Gasteiger partial charge in [0.05, 0.1) is 11.3 Å². The van der Waals surface area contributed by atoms with E-state index in [4.69, 9.17) is 0 Å². The van der Waals surface area contributed by atoms with Crippen LogP contribution in [0, 0.1) is 19.7 Å². The highest BCUT2D eigenvalue weighted by Crippen LogP contribution is 2.32. The first-order valence-electron chi connectivity index (χ1n) is 7.98. The van der Waals surface area contributed by atoms with Crippen LogP contribution < -0.4 is 10.6 Å². The highest BCUT2D eigenvalue weighted by Gasteiger charge is 2.21. The number of nitrogens with one attached hydrogen (secondary N) is 2. The molecule has 0 atom stereocenters. The normalized spacial score (nSPS) is 10.6. The molecule has 134 valence electrons. The van der Waals surface area contributed by atoms with Gasteiger partial charge < -0.3 is 15.2 Å². The van der Waals surface area contributed by atoms with E-state index in [1.54, 1.807) is 0 Å². The van der Waals surface area contributed by atoms with Gasteiger partial charge in [-0.3, -0.25) is 9.59 Å². The summed E-state index contributed by atoms with van der Waals surface area (Å²) in [5.74, 6) is -1.23. The van der Waals surface area contributed by atoms with Crippen molar-refractivity contribution < 1.29 is 14.0 Å². The third kappa shape index (κ3) is 3.52. The van der Waals surface area contributed by atoms with Gasteiger partial charge >= 0.3 is 0 Å². The minimum atomic E-state index is -0.561. The molecule has 0 saturated heterocycles. The van der Waals surface area contributed by atoms with Crippen molar-refractivity contribution in [1.82, 2.24) is 4.57 Å². The van der Waals surface area contributed by atoms with Crippen molar-refractivity contribution in [3.8, 4) is 5.00 Å². The highest BCUT2D eigenvalue weighted by atomic mass is 32.1. The molecule has 2 heterocycles. The average Bonchev–Trinajstić information content (AvgIpc) is 3.19. The number of rotatable bonds is 4. The molecule has 0 aliphatic rings. The Balaban J connectivity index is 1.93. The summed E-state index contributed by atoms with van der Waals surface area (Å²) in [6.07, 6.45) is 3.77. The van der Waals surface area contributed by atoms with Crippen LogP contribution in [-0.4, -0.2) is 16.4 Å². The molecule has 3 rings (SSSR count). The summed E-state index contributed by atoms with van der Waals surface area (Å²) in [5, 5.41) is 6.03. The Morgan fingerprint density at radius 2 is 1.81 bits per heavy atom.